The van der Waals surface area contributed by atoms with E-state index in [0.29, 0.717) is 11.8 Å². The molecule has 3 unspecified atom stereocenters. The number of hydrogen-bond donors (Lipinski definition) is 1. The Balaban J connectivity index is 2.12. The van der Waals surface area contributed by atoms with Gasteiger partial charge in [-0.15, -0.1) is 0 Å². The highest BCUT2D eigenvalue weighted by Gasteiger charge is 2.19. The van der Waals surface area contributed by atoms with Crippen LogP contribution in [0.3, 0.4) is 0 Å². The van der Waals surface area contributed by atoms with Crippen LogP contribution in [-0.2, 0) is 0 Å². The van der Waals surface area contributed by atoms with Gasteiger partial charge < -0.3 is 5.11 Å². The lowest BCUT2D eigenvalue weighted by molar-refractivity contribution is 0.152. The average Bonchev–Trinajstić information content (AvgIpc) is 2.55. The van der Waals surface area contributed by atoms with Crippen LogP contribution in [0, 0.1) is 5.92 Å². The van der Waals surface area contributed by atoms with Gasteiger partial charge in [0.15, 0.2) is 0 Å². The molecule has 0 aliphatic heterocycles. The van der Waals surface area contributed by atoms with E-state index in [1.165, 1.54) is 12.0 Å². The Hall–Kier alpha value is -1.60. The Bertz CT molecular complexity index is 506. The molecule has 0 saturated carbocycles. The second-order valence-electron chi connectivity index (χ2n) is 6.02. The predicted octanol–water partition coefficient (Wildman–Crippen LogP) is 5.33. The first-order chi connectivity index (χ1) is 10.2. The number of rotatable bonds is 7. The van der Waals surface area contributed by atoms with Gasteiger partial charge >= 0.3 is 0 Å². The van der Waals surface area contributed by atoms with Gasteiger partial charge in [-0.05, 0) is 35.8 Å². The van der Waals surface area contributed by atoms with Gasteiger partial charge in [-0.3, -0.25) is 0 Å². The van der Waals surface area contributed by atoms with E-state index >= 15 is 0 Å². The van der Waals surface area contributed by atoms with Crippen LogP contribution in [0.4, 0.5) is 0 Å². The van der Waals surface area contributed by atoms with E-state index in [4.69, 9.17) is 0 Å². The molecule has 2 aromatic rings. The van der Waals surface area contributed by atoms with Crippen molar-refractivity contribution in [3.63, 3.8) is 0 Å². The minimum absolute atomic E-state index is 0.388. The fourth-order valence-corrected chi connectivity index (χ4v) is 2.83. The van der Waals surface area contributed by atoms with Crippen LogP contribution in [0.15, 0.2) is 60.7 Å². The first-order valence-electron chi connectivity index (χ1n) is 7.98. The standard InChI is InChI=1S/C20H26O/c1-3-16(2)14-19(17-10-6-4-7-11-17)15-20(21)18-12-8-5-9-13-18/h4-13,16,19-21H,3,14-15H2,1-2H3. The maximum atomic E-state index is 10.5. The van der Waals surface area contributed by atoms with E-state index in [1.54, 1.807) is 0 Å². The Morgan fingerprint density at radius 3 is 1.86 bits per heavy atom. The molecule has 2 rings (SSSR count). The monoisotopic (exact) mass is 282 g/mol. The molecule has 1 nitrogen and oxygen atoms in total. The summed E-state index contributed by atoms with van der Waals surface area (Å²) < 4.78 is 0. The molecule has 0 heterocycles. The molecule has 0 fully saturated rings. The Morgan fingerprint density at radius 1 is 0.810 bits per heavy atom. The summed E-state index contributed by atoms with van der Waals surface area (Å²) in [5, 5.41) is 10.5. The van der Waals surface area contributed by atoms with Crippen LogP contribution in [0.5, 0.6) is 0 Å². The van der Waals surface area contributed by atoms with Crippen LogP contribution in [0.1, 0.15) is 56.3 Å². The minimum Gasteiger partial charge on any atom is -0.388 e. The highest BCUT2D eigenvalue weighted by atomic mass is 16.3. The molecule has 0 bridgehead atoms. The third-order valence-corrected chi connectivity index (χ3v) is 4.35. The van der Waals surface area contributed by atoms with Crippen molar-refractivity contribution in [3.05, 3.63) is 71.8 Å². The molecule has 21 heavy (non-hydrogen) atoms. The summed E-state index contributed by atoms with van der Waals surface area (Å²) >= 11 is 0. The molecule has 2 aromatic carbocycles. The second kappa shape index (κ2) is 7.99. The van der Waals surface area contributed by atoms with Crippen LogP contribution < -0.4 is 0 Å². The Labute approximate surface area is 128 Å². The SMILES string of the molecule is CCC(C)CC(CC(O)c1ccccc1)c1ccccc1. The van der Waals surface area contributed by atoms with Crippen molar-refractivity contribution >= 4 is 0 Å². The smallest absolute Gasteiger partial charge is 0.0795 e. The van der Waals surface area contributed by atoms with Crippen molar-refractivity contribution in [3.8, 4) is 0 Å². The molecule has 0 aliphatic carbocycles. The van der Waals surface area contributed by atoms with Gasteiger partial charge in [-0.2, -0.15) is 0 Å². The van der Waals surface area contributed by atoms with Gasteiger partial charge in [0.25, 0.3) is 0 Å². The summed E-state index contributed by atoms with van der Waals surface area (Å²) in [6.45, 7) is 4.53. The maximum absolute atomic E-state index is 10.5. The van der Waals surface area contributed by atoms with Crippen molar-refractivity contribution in [2.75, 3.05) is 0 Å². The zero-order valence-corrected chi connectivity index (χ0v) is 13.1. The molecule has 1 N–H and O–H groups in total. The van der Waals surface area contributed by atoms with Gasteiger partial charge in [-0.1, -0.05) is 80.9 Å². The molecule has 1 heteroatoms. The first kappa shape index (κ1) is 15.8. The van der Waals surface area contributed by atoms with E-state index < -0.39 is 0 Å². The summed E-state index contributed by atoms with van der Waals surface area (Å²) in [5.41, 5.74) is 2.36. The lowest BCUT2D eigenvalue weighted by Gasteiger charge is -2.23. The van der Waals surface area contributed by atoms with Gasteiger partial charge in [0.1, 0.15) is 0 Å². The molecule has 0 spiro atoms. The van der Waals surface area contributed by atoms with Gasteiger partial charge in [0.05, 0.1) is 6.10 Å². The Morgan fingerprint density at radius 2 is 1.33 bits per heavy atom. The maximum Gasteiger partial charge on any atom is 0.0795 e. The molecule has 0 radical (unpaired) electrons. The molecule has 0 aliphatic rings. The zero-order valence-electron chi connectivity index (χ0n) is 13.1. The van der Waals surface area contributed by atoms with E-state index in [0.717, 1.165) is 18.4 Å². The minimum atomic E-state index is -0.388. The quantitative estimate of drug-likeness (QED) is 0.727. The molecule has 112 valence electrons. The molecule has 3 atom stereocenters. The molecule has 0 aromatic heterocycles. The van der Waals surface area contributed by atoms with Crippen molar-refractivity contribution in [2.45, 2.75) is 45.1 Å². The fraction of sp³-hybridized carbons (Fsp3) is 0.400. The molecule has 0 amide bonds. The number of hydrogen-bond acceptors (Lipinski definition) is 1. The normalized spacial score (nSPS) is 15.4. The van der Waals surface area contributed by atoms with E-state index in [2.05, 4.69) is 44.2 Å². The zero-order chi connectivity index (χ0) is 15.1. The van der Waals surface area contributed by atoms with Crippen molar-refractivity contribution in [1.82, 2.24) is 0 Å². The lowest BCUT2D eigenvalue weighted by atomic mass is 9.83. The highest BCUT2D eigenvalue weighted by molar-refractivity contribution is 5.22. The van der Waals surface area contributed by atoms with Gasteiger partial charge in [0.2, 0.25) is 0 Å². The van der Waals surface area contributed by atoms with Crippen LogP contribution in [0.2, 0.25) is 0 Å². The summed E-state index contributed by atoms with van der Waals surface area (Å²) in [7, 11) is 0. The number of aliphatic hydroxyl groups is 1. The van der Waals surface area contributed by atoms with E-state index in [1.807, 2.05) is 30.3 Å². The van der Waals surface area contributed by atoms with Crippen LogP contribution in [-0.4, -0.2) is 5.11 Å². The number of aliphatic hydroxyl groups excluding tert-OH is 1. The summed E-state index contributed by atoms with van der Waals surface area (Å²) in [4.78, 5) is 0. The van der Waals surface area contributed by atoms with Crippen molar-refractivity contribution in [1.29, 1.82) is 0 Å². The fourth-order valence-electron chi connectivity index (χ4n) is 2.83. The summed E-state index contributed by atoms with van der Waals surface area (Å²) in [6, 6.07) is 20.6. The third kappa shape index (κ3) is 4.71. The van der Waals surface area contributed by atoms with Crippen LogP contribution in [0.25, 0.3) is 0 Å². The number of benzene rings is 2. The first-order valence-corrected chi connectivity index (χ1v) is 7.98. The molecule has 0 saturated heterocycles. The highest BCUT2D eigenvalue weighted by Crippen LogP contribution is 2.33. The topological polar surface area (TPSA) is 20.2 Å². The van der Waals surface area contributed by atoms with Crippen molar-refractivity contribution in [2.24, 2.45) is 5.92 Å². The van der Waals surface area contributed by atoms with Gasteiger partial charge in [-0.25, -0.2) is 0 Å². The van der Waals surface area contributed by atoms with E-state index in [-0.39, 0.29) is 6.10 Å². The molecular formula is C20H26O. The third-order valence-electron chi connectivity index (χ3n) is 4.35. The summed E-state index contributed by atoms with van der Waals surface area (Å²) in [6.07, 6.45) is 2.72. The van der Waals surface area contributed by atoms with E-state index in [9.17, 15) is 5.11 Å². The Kier molecular flexibility index (Phi) is 6.01. The second-order valence-corrected chi connectivity index (χ2v) is 6.02. The average molecular weight is 282 g/mol. The lowest BCUT2D eigenvalue weighted by Crippen LogP contribution is -2.10. The summed E-state index contributed by atoms with van der Waals surface area (Å²) in [5.74, 6) is 1.09. The van der Waals surface area contributed by atoms with Crippen molar-refractivity contribution < 1.29 is 5.11 Å². The van der Waals surface area contributed by atoms with Gasteiger partial charge in [0, 0.05) is 0 Å². The van der Waals surface area contributed by atoms with Crippen LogP contribution >= 0.6 is 0 Å². The largest absolute Gasteiger partial charge is 0.388 e. The predicted molar refractivity (Wildman–Crippen MR) is 89.3 cm³/mol. The molecular weight excluding hydrogens is 256 g/mol.